The normalized spacial score (nSPS) is 11.2. The van der Waals surface area contributed by atoms with Crippen LogP contribution in [-0.2, 0) is 0 Å². The molecule has 0 aliphatic carbocycles. The molecule has 0 aromatic heterocycles. The Bertz CT molecular complexity index is 875. The van der Waals surface area contributed by atoms with Gasteiger partial charge in [0, 0.05) is 11.1 Å². The summed E-state index contributed by atoms with van der Waals surface area (Å²) in [5.41, 5.74) is 4.95. The molecule has 0 radical (unpaired) electrons. The van der Waals surface area contributed by atoms with Crippen molar-refractivity contribution in [3.63, 3.8) is 0 Å². The van der Waals surface area contributed by atoms with Crippen LogP contribution < -0.4 is 5.43 Å². The van der Waals surface area contributed by atoms with E-state index in [0.717, 1.165) is 0 Å². The predicted molar refractivity (Wildman–Crippen MR) is 94.1 cm³/mol. The van der Waals surface area contributed by atoms with Gasteiger partial charge in [-0.3, -0.25) is 15.0 Å². The van der Waals surface area contributed by atoms with Crippen LogP contribution in [0.4, 0.5) is 11.4 Å². The fourth-order valence-electron chi connectivity index (χ4n) is 1.83. The number of hydrazone groups is 1. The van der Waals surface area contributed by atoms with Crippen molar-refractivity contribution in [2.75, 3.05) is 5.43 Å². The van der Waals surface area contributed by atoms with Gasteiger partial charge < -0.3 is 0 Å². The summed E-state index contributed by atoms with van der Waals surface area (Å²) in [6, 6.07) is 15.0. The highest BCUT2D eigenvalue weighted by molar-refractivity contribution is 5.97. The highest BCUT2D eigenvalue weighted by Crippen LogP contribution is 2.14. The summed E-state index contributed by atoms with van der Waals surface area (Å²) in [5, 5.41) is 20.6. The number of hydrogen-bond donors (Lipinski definition) is 1. The van der Waals surface area contributed by atoms with Crippen molar-refractivity contribution in [2.45, 2.75) is 13.8 Å². The molecular weight excluding hydrogens is 318 g/mol. The fraction of sp³-hybridized carbons (Fsp3) is 0.111. The van der Waals surface area contributed by atoms with Gasteiger partial charge in [-0.05, 0) is 62.4 Å². The van der Waals surface area contributed by atoms with Crippen LogP contribution in [0.15, 0.2) is 63.9 Å². The van der Waals surface area contributed by atoms with Gasteiger partial charge in [-0.1, -0.05) is 0 Å². The fourth-order valence-corrected chi connectivity index (χ4v) is 1.83. The van der Waals surface area contributed by atoms with Gasteiger partial charge in [0.15, 0.2) is 11.6 Å². The van der Waals surface area contributed by atoms with Crippen molar-refractivity contribution in [1.29, 1.82) is 5.26 Å². The van der Waals surface area contributed by atoms with Crippen LogP contribution in [0.5, 0.6) is 0 Å². The number of carbonyl (C=O) groups is 2. The third kappa shape index (κ3) is 5.18. The number of azo groups is 1. The first-order valence-electron chi connectivity index (χ1n) is 7.37. The van der Waals surface area contributed by atoms with E-state index in [1.807, 2.05) is 6.07 Å². The monoisotopic (exact) mass is 333 g/mol. The highest BCUT2D eigenvalue weighted by atomic mass is 16.1. The van der Waals surface area contributed by atoms with E-state index in [4.69, 9.17) is 5.26 Å². The first-order chi connectivity index (χ1) is 12.0. The van der Waals surface area contributed by atoms with Gasteiger partial charge in [0.25, 0.3) is 5.84 Å². The maximum Gasteiger partial charge on any atom is 0.270 e. The molecule has 0 saturated carbocycles. The summed E-state index contributed by atoms with van der Waals surface area (Å²) in [6.45, 7) is 2.96. The van der Waals surface area contributed by atoms with Crippen molar-refractivity contribution >= 4 is 28.8 Å². The third-order valence-electron chi connectivity index (χ3n) is 3.22. The maximum absolute atomic E-state index is 11.2. The molecule has 2 aromatic rings. The largest absolute Gasteiger partial charge is 0.295 e. The number of anilines is 1. The first kappa shape index (κ1) is 17.7. The lowest BCUT2D eigenvalue weighted by molar-refractivity contribution is 0.100. The number of hydrogen-bond acceptors (Lipinski definition) is 6. The Morgan fingerprint density at radius 1 is 0.920 bits per heavy atom. The molecule has 0 amide bonds. The van der Waals surface area contributed by atoms with Gasteiger partial charge >= 0.3 is 0 Å². The average Bonchev–Trinajstić information content (AvgIpc) is 2.62. The molecule has 7 heteroatoms. The second-order valence-electron chi connectivity index (χ2n) is 5.10. The Labute approximate surface area is 144 Å². The van der Waals surface area contributed by atoms with Crippen LogP contribution in [0.2, 0.25) is 0 Å². The molecular formula is C18H15N5O2. The van der Waals surface area contributed by atoms with Gasteiger partial charge in [0.05, 0.1) is 11.4 Å². The molecule has 0 atom stereocenters. The van der Waals surface area contributed by atoms with Gasteiger partial charge in [0.2, 0.25) is 0 Å². The minimum Gasteiger partial charge on any atom is -0.295 e. The zero-order valence-corrected chi connectivity index (χ0v) is 13.7. The third-order valence-corrected chi connectivity index (χ3v) is 3.22. The molecule has 0 fully saturated rings. The molecule has 1 N–H and O–H groups in total. The van der Waals surface area contributed by atoms with E-state index in [9.17, 15) is 9.59 Å². The SMILES string of the molecule is CC(=O)c1ccc(N=NC(C#N)=NNc2ccc(C(C)=O)cc2)cc1. The van der Waals surface area contributed by atoms with Crippen molar-refractivity contribution in [2.24, 2.45) is 15.3 Å². The van der Waals surface area contributed by atoms with E-state index >= 15 is 0 Å². The van der Waals surface area contributed by atoms with E-state index in [1.165, 1.54) is 13.8 Å². The quantitative estimate of drug-likeness (QED) is 0.292. The lowest BCUT2D eigenvalue weighted by Crippen LogP contribution is -1.97. The van der Waals surface area contributed by atoms with Crippen molar-refractivity contribution in [1.82, 2.24) is 0 Å². The number of rotatable bonds is 5. The van der Waals surface area contributed by atoms with Crippen LogP contribution >= 0.6 is 0 Å². The number of nitriles is 1. The lowest BCUT2D eigenvalue weighted by Gasteiger charge is -2.01. The topological polar surface area (TPSA) is 107 Å². The van der Waals surface area contributed by atoms with E-state index in [2.05, 4.69) is 20.8 Å². The van der Waals surface area contributed by atoms with E-state index in [0.29, 0.717) is 22.5 Å². The summed E-state index contributed by atoms with van der Waals surface area (Å²) in [4.78, 5) is 22.4. The van der Waals surface area contributed by atoms with Gasteiger partial charge in [-0.15, -0.1) is 15.3 Å². The Balaban J connectivity index is 2.05. The van der Waals surface area contributed by atoms with E-state index < -0.39 is 0 Å². The molecule has 0 unspecified atom stereocenters. The van der Waals surface area contributed by atoms with Crippen molar-refractivity contribution < 1.29 is 9.59 Å². The van der Waals surface area contributed by atoms with Gasteiger partial charge in [0.1, 0.15) is 6.07 Å². The first-order valence-corrected chi connectivity index (χ1v) is 7.37. The number of carbonyl (C=O) groups excluding carboxylic acids is 2. The van der Waals surface area contributed by atoms with Crippen molar-refractivity contribution in [3.05, 3.63) is 59.7 Å². The maximum atomic E-state index is 11.2. The minimum absolute atomic E-state index is 0.0302. The van der Waals surface area contributed by atoms with Gasteiger partial charge in [-0.25, -0.2) is 0 Å². The summed E-state index contributed by atoms with van der Waals surface area (Å²) in [7, 11) is 0. The number of nitrogens with one attached hydrogen (secondary N) is 1. The van der Waals surface area contributed by atoms with Crippen LogP contribution in [0.3, 0.4) is 0 Å². The molecule has 124 valence electrons. The molecule has 0 aliphatic rings. The molecule has 2 rings (SSSR count). The molecule has 25 heavy (non-hydrogen) atoms. The summed E-state index contributed by atoms with van der Waals surface area (Å²) in [6.07, 6.45) is 0. The Morgan fingerprint density at radius 3 is 1.92 bits per heavy atom. The zero-order valence-electron chi connectivity index (χ0n) is 13.7. The van der Waals surface area contributed by atoms with Crippen molar-refractivity contribution in [3.8, 4) is 6.07 Å². The second-order valence-corrected chi connectivity index (χ2v) is 5.10. The molecule has 0 aliphatic heterocycles. The molecule has 0 heterocycles. The van der Waals surface area contributed by atoms with Crippen LogP contribution in [0, 0.1) is 11.3 Å². The molecule has 0 spiro atoms. The second kappa shape index (κ2) is 8.26. The number of Topliss-reactive ketones (excluding diaryl/α,β-unsaturated/α-hetero) is 2. The Kier molecular flexibility index (Phi) is 5.85. The number of ketones is 2. The number of nitrogens with zero attached hydrogens (tertiary/aromatic N) is 4. The summed E-state index contributed by atoms with van der Waals surface area (Å²) in [5.74, 6) is -0.230. The number of amidine groups is 1. The molecule has 7 nitrogen and oxygen atoms in total. The average molecular weight is 333 g/mol. The summed E-state index contributed by atoms with van der Waals surface area (Å²) >= 11 is 0. The van der Waals surface area contributed by atoms with E-state index in [1.54, 1.807) is 48.5 Å². The van der Waals surface area contributed by atoms with Crippen LogP contribution in [0.25, 0.3) is 0 Å². The zero-order chi connectivity index (χ0) is 18.2. The minimum atomic E-state index is -0.161. The Morgan fingerprint density at radius 2 is 1.44 bits per heavy atom. The van der Waals surface area contributed by atoms with Crippen LogP contribution in [0.1, 0.15) is 34.6 Å². The standard InChI is InChI=1S/C18H15N5O2/c1-12(24)14-3-7-16(8-4-14)20-22-18(11-19)23-21-17-9-5-15(6-10-17)13(2)25/h3-10,20H,1-2H3. The van der Waals surface area contributed by atoms with Gasteiger partial charge in [-0.2, -0.15) is 5.26 Å². The van der Waals surface area contributed by atoms with Crippen LogP contribution in [-0.4, -0.2) is 17.4 Å². The van der Waals surface area contributed by atoms with E-state index in [-0.39, 0.29) is 17.4 Å². The molecule has 2 aromatic carbocycles. The lowest BCUT2D eigenvalue weighted by atomic mass is 10.1. The highest BCUT2D eigenvalue weighted by Gasteiger charge is 2.00. The number of benzene rings is 2. The smallest absolute Gasteiger partial charge is 0.270 e. The molecule has 0 bridgehead atoms. The molecule has 0 saturated heterocycles. The summed E-state index contributed by atoms with van der Waals surface area (Å²) < 4.78 is 0. The Hall–Kier alpha value is -3.66. The predicted octanol–water partition coefficient (Wildman–Crippen LogP) is 4.12.